The maximum Gasteiger partial charge on any atom is 0.316 e. The number of Topliss-reactive ketones (excluding diaryl/α,β-unsaturated/α-hetero) is 1. The molecule has 0 fully saturated rings. The van der Waals surface area contributed by atoms with Crippen molar-refractivity contribution in [3.63, 3.8) is 0 Å². The molecule has 0 spiro atoms. The first kappa shape index (κ1) is 21.7. The lowest BCUT2D eigenvalue weighted by molar-refractivity contribution is -0.149. The molecular formula is C25H23F2NO4. The Morgan fingerprint density at radius 2 is 1.88 bits per heavy atom. The van der Waals surface area contributed by atoms with Gasteiger partial charge in [0.15, 0.2) is 17.4 Å². The summed E-state index contributed by atoms with van der Waals surface area (Å²) >= 11 is 0. The SMILES string of the molecule is C=C1NC2=C(C(=O)CCC2)C(c2ccc(F)c(F)c2)C1C(=O)OCc1ccc(OC)cc1. The van der Waals surface area contributed by atoms with E-state index < -0.39 is 29.4 Å². The van der Waals surface area contributed by atoms with Crippen LogP contribution in [0.25, 0.3) is 0 Å². The number of rotatable bonds is 5. The zero-order chi connectivity index (χ0) is 22.8. The predicted molar refractivity (Wildman–Crippen MR) is 114 cm³/mol. The summed E-state index contributed by atoms with van der Waals surface area (Å²) in [4.78, 5) is 26.0. The van der Waals surface area contributed by atoms with E-state index in [1.165, 1.54) is 6.07 Å². The van der Waals surface area contributed by atoms with E-state index in [2.05, 4.69) is 11.9 Å². The highest BCUT2D eigenvalue weighted by molar-refractivity contribution is 6.00. The fourth-order valence-electron chi connectivity index (χ4n) is 4.30. The third kappa shape index (κ3) is 4.15. The molecular weight excluding hydrogens is 416 g/mol. The largest absolute Gasteiger partial charge is 0.497 e. The van der Waals surface area contributed by atoms with Gasteiger partial charge in [-0.15, -0.1) is 0 Å². The Hall–Kier alpha value is -3.48. The number of esters is 1. The van der Waals surface area contributed by atoms with Crippen LogP contribution in [0.3, 0.4) is 0 Å². The Kier molecular flexibility index (Phi) is 6.08. The summed E-state index contributed by atoms with van der Waals surface area (Å²) in [6, 6.07) is 10.5. The topological polar surface area (TPSA) is 64.6 Å². The molecule has 1 aliphatic carbocycles. The van der Waals surface area contributed by atoms with Gasteiger partial charge in [-0.25, -0.2) is 8.78 Å². The van der Waals surface area contributed by atoms with Crippen LogP contribution >= 0.6 is 0 Å². The number of benzene rings is 2. The highest BCUT2D eigenvalue weighted by atomic mass is 19.2. The number of nitrogens with one attached hydrogen (secondary N) is 1. The first-order valence-electron chi connectivity index (χ1n) is 10.4. The van der Waals surface area contributed by atoms with E-state index in [9.17, 15) is 18.4 Å². The van der Waals surface area contributed by atoms with E-state index >= 15 is 0 Å². The van der Waals surface area contributed by atoms with Gasteiger partial charge in [-0.2, -0.15) is 0 Å². The Morgan fingerprint density at radius 1 is 1.12 bits per heavy atom. The minimum absolute atomic E-state index is 0.0109. The van der Waals surface area contributed by atoms with E-state index in [1.807, 2.05) is 0 Å². The molecule has 1 heterocycles. The second kappa shape index (κ2) is 8.94. The third-order valence-corrected chi connectivity index (χ3v) is 5.88. The number of hydrogen-bond donors (Lipinski definition) is 1. The van der Waals surface area contributed by atoms with Gasteiger partial charge < -0.3 is 14.8 Å². The molecule has 1 N–H and O–H groups in total. The van der Waals surface area contributed by atoms with E-state index in [4.69, 9.17) is 9.47 Å². The van der Waals surface area contributed by atoms with Crippen molar-refractivity contribution in [1.82, 2.24) is 5.32 Å². The fourth-order valence-corrected chi connectivity index (χ4v) is 4.30. The number of ketones is 1. The first-order chi connectivity index (χ1) is 15.4. The molecule has 166 valence electrons. The van der Waals surface area contributed by atoms with Crippen LogP contribution in [-0.4, -0.2) is 18.9 Å². The molecule has 0 amide bonds. The lowest BCUT2D eigenvalue weighted by atomic mass is 9.71. The van der Waals surface area contributed by atoms with E-state index in [1.54, 1.807) is 31.4 Å². The maximum atomic E-state index is 14.1. The fraction of sp³-hybridized carbons (Fsp3) is 0.280. The van der Waals surface area contributed by atoms with Crippen molar-refractivity contribution >= 4 is 11.8 Å². The molecule has 4 rings (SSSR count). The number of allylic oxidation sites excluding steroid dienone is 2. The number of methoxy groups -OCH3 is 1. The average molecular weight is 439 g/mol. The van der Waals surface area contributed by atoms with Crippen LogP contribution in [0.1, 0.15) is 36.3 Å². The third-order valence-electron chi connectivity index (χ3n) is 5.88. The van der Waals surface area contributed by atoms with E-state index in [-0.39, 0.29) is 12.4 Å². The molecule has 0 radical (unpaired) electrons. The van der Waals surface area contributed by atoms with Gasteiger partial charge in [0.1, 0.15) is 18.3 Å². The zero-order valence-corrected chi connectivity index (χ0v) is 17.6. The molecule has 0 bridgehead atoms. The standard InChI is InChI=1S/C25H23F2NO4/c1-14-22(25(30)32-13-15-6-9-17(31-2)10-7-15)23(16-8-11-18(26)19(27)12-16)24-20(28-14)4-3-5-21(24)29/h6-12,22-23,28H,1,3-5,13H2,2H3. The molecule has 2 aromatic rings. The van der Waals surface area contributed by atoms with Gasteiger partial charge >= 0.3 is 5.97 Å². The van der Waals surface area contributed by atoms with Crippen LogP contribution in [0.2, 0.25) is 0 Å². The van der Waals surface area contributed by atoms with Gasteiger partial charge in [0.05, 0.1) is 7.11 Å². The average Bonchev–Trinajstić information content (AvgIpc) is 2.79. The Balaban J connectivity index is 1.66. The lowest BCUT2D eigenvalue weighted by Gasteiger charge is -2.38. The van der Waals surface area contributed by atoms with Crippen molar-refractivity contribution in [3.8, 4) is 5.75 Å². The minimum Gasteiger partial charge on any atom is -0.497 e. The molecule has 0 saturated heterocycles. The van der Waals surface area contributed by atoms with Crippen LogP contribution in [-0.2, 0) is 20.9 Å². The number of carbonyl (C=O) groups is 2. The summed E-state index contributed by atoms with van der Waals surface area (Å²) in [6.45, 7) is 4.00. The Bertz CT molecular complexity index is 1110. The van der Waals surface area contributed by atoms with Gasteiger partial charge in [-0.1, -0.05) is 24.8 Å². The molecule has 2 unspecified atom stereocenters. The lowest BCUT2D eigenvalue weighted by Crippen LogP contribution is -2.41. The number of carbonyl (C=O) groups excluding carboxylic acids is 2. The summed E-state index contributed by atoms with van der Waals surface area (Å²) in [5, 5.41) is 3.10. The highest BCUT2D eigenvalue weighted by Gasteiger charge is 2.44. The summed E-state index contributed by atoms with van der Waals surface area (Å²) in [5.41, 5.74) is 2.56. The molecule has 0 saturated carbocycles. The summed E-state index contributed by atoms with van der Waals surface area (Å²) < 4.78 is 38.3. The van der Waals surface area contributed by atoms with E-state index in [0.29, 0.717) is 47.5 Å². The molecule has 0 aromatic heterocycles. The molecule has 1 aliphatic heterocycles. The zero-order valence-electron chi connectivity index (χ0n) is 17.6. The van der Waals surface area contributed by atoms with Crippen molar-refractivity contribution in [1.29, 1.82) is 0 Å². The van der Waals surface area contributed by atoms with Crippen molar-refractivity contribution in [2.75, 3.05) is 7.11 Å². The maximum absolute atomic E-state index is 14.1. The van der Waals surface area contributed by atoms with E-state index in [0.717, 1.165) is 17.7 Å². The van der Waals surface area contributed by atoms with Crippen molar-refractivity contribution in [3.05, 3.63) is 88.8 Å². The monoisotopic (exact) mass is 439 g/mol. The Labute approximate surface area is 184 Å². The first-order valence-corrected chi connectivity index (χ1v) is 10.4. The summed E-state index contributed by atoms with van der Waals surface area (Å²) in [5.74, 6) is -3.83. The van der Waals surface area contributed by atoms with Crippen molar-refractivity contribution < 1.29 is 27.8 Å². The van der Waals surface area contributed by atoms with Crippen LogP contribution in [0.4, 0.5) is 8.78 Å². The predicted octanol–water partition coefficient (Wildman–Crippen LogP) is 4.54. The smallest absolute Gasteiger partial charge is 0.316 e. The molecule has 2 aliphatic rings. The minimum atomic E-state index is -1.04. The van der Waals surface area contributed by atoms with Crippen LogP contribution in [0.15, 0.2) is 66.0 Å². The highest BCUT2D eigenvalue weighted by Crippen LogP contribution is 2.44. The summed E-state index contributed by atoms with van der Waals surface area (Å²) in [6.07, 6.45) is 1.63. The summed E-state index contributed by atoms with van der Waals surface area (Å²) in [7, 11) is 1.56. The van der Waals surface area contributed by atoms with Gasteiger partial charge in [-0.05, 0) is 48.2 Å². The van der Waals surface area contributed by atoms with Crippen molar-refractivity contribution in [2.24, 2.45) is 5.92 Å². The molecule has 2 aromatic carbocycles. The van der Waals surface area contributed by atoms with Crippen molar-refractivity contribution in [2.45, 2.75) is 31.8 Å². The van der Waals surface area contributed by atoms with Crippen LogP contribution in [0, 0.1) is 17.6 Å². The van der Waals surface area contributed by atoms with Gasteiger partial charge in [-0.3, -0.25) is 9.59 Å². The normalized spacial score (nSPS) is 20.5. The number of halogens is 2. The number of hydrogen-bond acceptors (Lipinski definition) is 5. The van der Waals surface area contributed by atoms with Gasteiger partial charge in [0, 0.05) is 29.3 Å². The molecule has 5 nitrogen and oxygen atoms in total. The van der Waals surface area contributed by atoms with Crippen LogP contribution in [0.5, 0.6) is 5.75 Å². The Morgan fingerprint density at radius 3 is 2.56 bits per heavy atom. The molecule has 7 heteroatoms. The second-order valence-electron chi connectivity index (χ2n) is 7.90. The van der Waals surface area contributed by atoms with Gasteiger partial charge in [0.2, 0.25) is 0 Å². The molecule has 32 heavy (non-hydrogen) atoms. The van der Waals surface area contributed by atoms with Gasteiger partial charge in [0.25, 0.3) is 0 Å². The van der Waals surface area contributed by atoms with Crippen LogP contribution < -0.4 is 10.1 Å². The molecule has 2 atom stereocenters. The quantitative estimate of drug-likeness (QED) is 0.693. The number of ether oxygens (including phenoxy) is 2. The second-order valence-corrected chi connectivity index (χ2v) is 7.90.